The van der Waals surface area contributed by atoms with E-state index < -0.39 is 0 Å². The summed E-state index contributed by atoms with van der Waals surface area (Å²) in [6.07, 6.45) is 1.85. The van der Waals surface area contributed by atoms with Crippen LogP contribution >= 0.6 is 0 Å². The predicted molar refractivity (Wildman–Crippen MR) is 69.2 cm³/mol. The lowest BCUT2D eigenvalue weighted by atomic mass is 9.96. The third-order valence-corrected chi connectivity index (χ3v) is 3.51. The lowest BCUT2D eigenvalue weighted by Gasteiger charge is -2.24. The largest absolute Gasteiger partial charge is 0.496 e. The Hall–Kier alpha value is -1.46. The van der Waals surface area contributed by atoms with Crippen molar-refractivity contribution in [3.63, 3.8) is 0 Å². The molecule has 0 spiro atoms. The van der Waals surface area contributed by atoms with Gasteiger partial charge in [0.15, 0.2) is 0 Å². The lowest BCUT2D eigenvalue weighted by molar-refractivity contribution is 0.357. The van der Waals surface area contributed by atoms with E-state index in [1.807, 2.05) is 0 Å². The Labute approximate surface area is 107 Å². The Balaban J connectivity index is 2.49. The van der Waals surface area contributed by atoms with Crippen molar-refractivity contribution in [2.75, 3.05) is 21.3 Å². The second-order valence-electron chi connectivity index (χ2n) is 4.66. The molecule has 18 heavy (non-hydrogen) atoms. The number of benzene rings is 1. The van der Waals surface area contributed by atoms with Crippen LogP contribution in [0.15, 0.2) is 12.1 Å². The van der Waals surface area contributed by atoms with Crippen molar-refractivity contribution in [2.45, 2.75) is 24.4 Å². The van der Waals surface area contributed by atoms with Gasteiger partial charge in [0, 0.05) is 17.7 Å². The minimum atomic E-state index is -0.338. The van der Waals surface area contributed by atoms with E-state index in [2.05, 4.69) is 0 Å². The van der Waals surface area contributed by atoms with Crippen LogP contribution in [0, 0.1) is 0 Å². The number of ether oxygens (including phenoxy) is 3. The average molecular weight is 252 g/mol. The molecule has 1 saturated carbocycles. The van der Waals surface area contributed by atoms with E-state index in [-0.39, 0.29) is 11.6 Å². The molecule has 0 aliphatic heterocycles. The van der Waals surface area contributed by atoms with Gasteiger partial charge in [-0.1, -0.05) is 0 Å². The van der Waals surface area contributed by atoms with Crippen molar-refractivity contribution >= 4 is 0 Å². The summed E-state index contributed by atoms with van der Waals surface area (Å²) in [5, 5.41) is 0. The summed E-state index contributed by atoms with van der Waals surface area (Å²) < 4.78 is 16.0. The Morgan fingerprint density at radius 2 is 1.56 bits per heavy atom. The zero-order chi connectivity index (χ0) is 13.3. The van der Waals surface area contributed by atoms with Gasteiger partial charge in [0.25, 0.3) is 0 Å². The molecule has 1 aromatic rings. The van der Waals surface area contributed by atoms with Crippen LogP contribution in [-0.4, -0.2) is 26.9 Å². The van der Waals surface area contributed by atoms with Crippen molar-refractivity contribution in [3.05, 3.63) is 17.7 Å². The Bertz CT molecular complexity index is 419. The van der Waals surface area contributed by atoms with Crippen LogP contribution in [0.4, 0.5) is 0 Å². The van der Waals surface area contributed by atoms with E-state index in [9.17, 15) is 0 Å². The average Bonchev–Trinajstić information content (AvgIpc) is 3.15. The van der Waals surface area contributed by atoms with Gasteiger partial charge in [0.05, 0.1) is 32.9 Å². The molecule has 0 radical (unpaired) electrons. The second kappa shape index (κ2) is 4.66. The van der Waals surface area contributed by atoms with Gasteiger partial charge in [0.1, 0.15) is 17.2 Å². The SMILES string of the molecule is COc1cc(OC)c(C(N)C2(N)CC2)c(OC)c1. The highest BCUT2D eigenvalue weighted by Gasteiger charge is 2.46. The molecular formula is C13H20N2O3. The van der Waals surface area contributed by atoms with Crippen molar-refractivity contribution < 1.29 is 14.2 Å². The molecule has 1 aliphatic rings. The van der Waals surface area contributed by atoms with E-state index in [1.54, 1.807) is 33.5 Å². The quantitative estimate of drug-likeness (QED) is 0.823. The van der Waals surface area contributed by atoms with Gasteiger partial charge in [-0.15, -0.1) is 0 Å². The summed E-state index contributed by atoms with van der Waals surface area (Å²) in [7, 11) is 4.79. The molecule has 0 amide bonds. The van der Waals surface area contributed by atoms with E-state index in [4.69, 9.17) is 25.7 Å². The number of hydrogen-bond acceptors (Lipinski definition) is 5. The third kappa shape index (κ3) is 2.11. The van der Waals surface area contributed by atoms with E-state index >= 15 is 0 Å². The van der Waals surface area contributed by atoms with Gasteiger partial charge >= 0.3 is 0 Å². The molecule has 2 rings (SSSR count). The lowest BCUT2D eigenvalue weighted by Crippen LogP contribution is -2.36. The molecule has 4 N–H and O–H groups in total. The molecule has 1 atom stereocenters. The van der Waals surface area contributed by atoms with Gasteiger partial charge < -0.3 is 25.7 Å². The Morgan fingerprint density at radius 1 is 1.06 bits per heavy atom. The van der Waals surface area contributed by atoms with Crippen LogP contribution in [0.2, 0.25) is 0 Å². The van der Waals surface area contributed by atoms with Gasteiger partial charge in [-0.05, 0) is 12.8 Å². The first-order valence-electron chi connectivity index (χ1n) is 5.90. The first-order chi connectivity index (χ1) is 8.55. The highest BCUT2D eigenvalue weighted by molar-refractivity contribution is 5.53. The number of methoxy groups -OCH3 is 3. The van der Waals surface area contributed by atoms with Gasteiger partial charge in [-0.3, -0.25) is 0 Å². The summed E-state index contributed by atoms with van der Waals surface area (Å²) in [6.45, 7) is 0. The smallest absolute Gasteiger partial charge is 0.131 e. The molecular weight excluding hydrogens is 232 g/mol. The minimum Gasteiger partial charge on any atom is -0.496 e. The highest BCUT2D eigenvalue weighted by atomic mass is 16.5. The Kier molecular flexibility index (Phi) is 3.36. The maximum absolute atomic E-state index is 6.25. The molecule has 0 bridgehead atoms. The molecule has 5 nitrogen and oxygen atoms in total. The first-order valence-corrected chi connectivity index (χ1v) is 5.90. The third-order valence-electron chi connectivity index (χ3n) is 3.51. The number of rotatable bonds is 5. The number of hydrogen-bond donors (Lipinski definition) is 2. The molecule has 1 aromatic carbocycles. The molecule has 1 fully saturated rings. The van der Waals surface area contributed by atoms with Crippen molar-refractivity contribution in [1.82, 2.24) is 0 Å². The van der Waals surface area contributed by atoms with Gasteiger partial charge in [-0.2, -0.15) is 0 Å². The van der Waals surface area contributed by atoms with Crippen LogP contribution in [-0.2, 0) is 0 Å². The summed E-state index contributed by atoms with van der Waals surface area (Å²) in [6, 6.07) is 3.29. The predicted octanol–water partition coefficient (Wildman–Crippen LogP) is 1.20. The van der Waals surface area contributed by atoms with Crippen LogP contribution in [0.3, 0.4) is 0 Å². The molecule has 5 heteroatoms. The van der Waals surface area contributed by atoms with Crippen LogP contribution < -0.4 is 25.7 Å². The van der Waals surface area contributed by atoms with Gasteiger partial charge in [0.2, 0.25) is 0 Å². The topological polar surface area (TPSA) is 79.7 Å². The van der Waals surface area contributed by atoms with E-state index in [1.165, 1.54) is 0 Å². The second-order valence-corrected chi connectivity index (χ2v) is 4.66. The molecule has 1 aliphatic carbocycles. The van der Waals surface area contributed by atoms with Crippen molar-refractivity contribution in [2.24, 2.45) is 11.5 Å². The minimum absolute atomic E-state index is 0.298. The number of nitrogens with two attached hydrogens (primary N) is 2. The summed E-state index contributed by atoms with van der Waals surface area (Å²) in [5.74, 6) is 1.97. The molecule has 100 valence electrons. The highest BCUT2D eigenvalue weighted by Crippen LogP contribution is 2.48. The zero-order valence-corrected chi connectivity index (χ0v) is 11.0. The standard InChI is InChI=1S/C13H20N2O3/c1-16-8-6-9(17-2)11(10(7-8)18-3)12(14)13(15)4-5-13/h6-7,12H,4-5,14-15H2,1-3H3. The summed E-state index contributed by atoms with van der Waals surface area (Å²) in [5.41, 5.74) is 12.9. The van der Waals surface area contributed by atoms with Crippen molar-refractivity contribution in [3.8, 4) is 17.2 Å². The Morgan fingerprint density at radius 3 is 1.89 bits per heavy atom. The van der Waals surface area contributed by atoms with Crippen LogP contribution in [0.1, 0.15) is 24.4 Å². The maximum atomic E-state index is 6.25. The summed E-state index contributed by atoms with van der Waals surface area (Å²) >= 11 is 0. The normalized spacial score (nSPS) is 18.1. The van der Waals surface area contributed by atoms with Crippen molar-refractivity contribution in [1.29, 1.82) is 0 Å². The zero-order valence-electron chi connectivity index (χ0n) is 11.0. The van der Waals surface area contributed by atoms with Crippen LogP contribution in [0.25, 0.3) is 0 Å². The fourth-order valence-electron chi connectivity index (χ4n) is 2.08. The van der Waals surface area contributed by atoms with E-state index in [0.29, 0.717) is 17.2 Å². The fraction of sp³-hybridized carbons (Fsp3) is 0.538. The van der Waals surface area contributed by atoms with Gasteiger partial charge in [-0.25, -0.2) is 0 Å². The maximum Gasteiger partial charge on any atom is 0.131 e. The molecule has 0 saturated heterocycles. The molecule has 0 aromatic heterocycles. The molecule has 1 unspecified atom stereocenters. The summed E-state index contributed by atoms with van der Waals surface area (Å²) in [4.78, 5) is 0. The van der Waals surface area contributed by atoms with Crippen LogP contribution in [0.5, 0.6) is 17.2 Å². The fourth-order valence-corrected chi connectivity index (χ4v) is 2.08. The van der Waals surface area contributed by atoms with E-state index in [0.717, 1.165) is 18.4 Å². The monoisotopic (exact) mass is 252 g/mol. The first kappa shape index (κ1) is 13.0. The molecule has 0 heterocycles.